The van der Waals surface area contributed by atoms with Crippen molar-refractivity contribution in [1.82, 2.24) is 4.90 Å². The second-order valence-corrected chi connectivity index (χ2v) is 8.02. The van der Waals surface area contributed by atoms with Crippen molar-refractivity contribution in [3.63, 3.8) is 0 Å². The van der Waals surface area contributed by atoms with Crippen LogP contribution in [0, 0.1) is 17.3 Å². The van der Waals surface area contributed by atoms with Crippen molar-refractivity contribution in [2.24, 2.45) is 5.41 Å². The van der Waals surface area contributed by atoms with Crippen molar-refractivity contribution in [3.05, 3.63) is 28.5 Å². The maximum atomic E-state index is 5.67. The molecule has 1 heterocycles. The van der Waals surface area contributed by atoms with Crippen LogP contribution < -0.4 is 0 Å². The molecule has 4 heteroatoms. The largest absolute Gasteiger partial charge is 0.378 e. The van der Waals surface area contributed by atoms with Crippen LogP contribution in [0.2, 0.25) is 0 Å². The van der Waals surface area contributed by atoms with E-state index in [9.17, 15) is 0 Å². The third-order valence-corrected chi connectivity index (χ3v) is 4.38. The van der Waals surface area contributed by atoms with Crippen molar-refractivity contribution < 1.29 is 9.47 Å². The normalized spacial score (nSPS) is 11.9. The highest BCUT2D eigenvalue weighted by Crippen LogP contribution is 2.10. The summed E-state index contributed by atoms with van der Waals surface area (Å²) in [5, 5.41) is 4.20. The Hall–Kier alpha value is -1.12. The molecule has 1 aromatic rings. The lowest BCUT2D eigenvalue weighted by Crippen LogP contribution is -2.28. The minimum Gasteiger partial charge on any atom is -0.378 e. The number of hydrogen-bond acceptors (Lipinski definition) is 4. The molecule has 0 fully saturated rings. The Morgan fingerprint density at radius 1 is 1.15 bits per heavy atom. The van der Waals surface area contributed by atoms with Gasteiger partial charge in [0.1, 0.15) is 0 Å². The van der Waals surface area contributed by atoms with Gasteiger partial charge in [0.25, 0.3) is 0 Å². The van der Waals surface area contributed by atoms with E-state index in [1.165, 1.54) is 5.56 Å². The summed E-state index contributed by atoms with van der Waals surface area (Å²) >= 11 is 1.71. The van der Waals surface area contributed by atoms with Crippen LogP contribution in [0.1, 0.15) is 46.1 Å². The van der Waals surface area contributed by atoms with Gasteiger partial charge in [0.15, 0.2) is 0 Å². The topological polar surface area (TPSA) is 21.7 Å². The van der Waals surface area contributed by atoms with Gasteiger partial charge in [-0.2, -0.15) is 11.3 Å². The predicted molar refractivity (Wildman–Crippen MR) is 114 cm³/mol. The summed E-state index contributed by atoms with van der Waals surface area (Å²) in [5.41, 5.74) is 1.35. The third kappa shape index (κ3) is 13.1. The molecule has 0 aliphatic rings. The molecule has 0 saturated carbocycles. The maximum Gasteiger partial charge on any atom is 0.0704 e. The van der Waals surface area contributed by atoms with E-state index < -0.39 is 0 Å². The van der Waals surface area contributed by atoms with E-state index in [1.54, 1.807) is 11.3 Å². The molecule has 1 aromatic heterocycles. The molecule has 0 unspecified atom stereocenters. The van der Waals surface area contributed by atoms with E-state index in [1.807, 2.05) is 6.08 Å². The first-order chi connectivity index (χ1) is 12.5. The molecule has 0 amide bonds. The SMILES string of the molecule is CCN(CCCC#CC(C)(C)C)CCOCCOC/C=C/c1ccsc1. The third-order valence-electron chi connectivity index (χ3n) is 3.68. The quantitative estimate of drug-likeness (QED) is 0.359. The Morgan fingerprint density at radius 2 is 1.96 bits per heavy atom. The molecular weight excluding hydrogens is 342 g/mol. The van der Waals surface area contributed by atoms with Crippen LogP contribution in [-0.4, -0.2) is 51.0 Å². The van der Waals surface area contributed by atoms with E-state index in [-0.39, 0.29) is 5.41 Å². The van der Waals surface area contributed by atoms with E-state index in [4.69, 9.17) is 9.47 Å². The summed E-state index contributed by atoms with van der Waals surface area (Å²) in [6.07, 6.45) is 6.23. The fraction of sp³-hybridized carbons (Fsp3) is 0.636. The molecular formula is C22H35NO2S. The highest BCUT2D eigenvalue weighted by Gasteiger charge is 2.04. The standard InChI is InChI=1S/C22H35NO2S/c1-5-23(13-8-6-7-12-22(2,3)4)14-16-25-18-17-24-15-9-10-21-11-19-26-20-21/h9-11,19-20H,5-6,8,13-18H2,1-4H3/b10-9+. The van der Waals surface area contributed by atoms with Crippen molar-refractivity contribution in [2.75, 3.05) is 46.1 Å². The summed E-state index contributed by atoms with van der Waals surface area (Å²) in [7, 11) is 0. The smallest absolute Gasteiger partial charge is 0.0704 e. The Balaban J connectivity index is 1.96. The van der Waals surface area contributed by atoms with Crippen LogP contribution >= 0.6 is 11.3 Å². The van der Waals surface area contributed by atoms with Crippen LogP contribution in [0.15, 0.2) is 22.9 Å². The molecule has 146 valence electrons. The summed E-state index contributed by atoms with van der Waals surface area (Å²) < 4.78 is 11.2. The van der Waals surface area contributed by atoms with Crippen LogP contribution in [0.5, 0.6) is 0 Å². The number of nitrogens with zero attached hydrogens (tertiary/aromatic N) is 1. The number of thiophene rings is 1. The van der Waals surface area contributed by atoms with Gasteiger partial charge < -0.3 is 14.4 Å². The first-order valence-electron chi connectivity index (χ1n) is 9.58. The zero-order chi connectivity index (χ0) is 19.1. The minimum atomic E-state index is 0.111. The van der Waals surface area contributed by atoms with Gasteiger partial charge >= 0.3 is 0 Å². The lowest BCUT2D eigenvalue weighted by molar-refractivity contribution is 0.0480. The summed E-state index contributed by atoms with van der Waals surface area (Å²) in [5.74, 6) is 6.58. The van der Waals surface area contributed by atoms with Crippen LogP contribution in [0.4, 0.5) is 0 Å². The van der Waals surface area contributed by atoms with E-state index in [0.29, 0.717) is 19.8 Å². The van der Waals surface area contributed by atoms with Gasteiger partial charge in [-0.25, -0.2) is 0 Å². The summed E-state index contributed by atoms with van der Waals surface area (Å²) in [6.45, 7) is 14.5. The average Bonchev–Trinajstić information content (AvgIpc) is 3.10. The molecule has 26 heavy (non-hydrogen) atoms. The first-order valence-corrected chi connectivity index (χ1v) is 10.5. The van der Waals surface area contributed by atoms with Gasteiger partial charge in [-0.05, 0) is 62.7 Å². The van der Waals surface area contributed by atoms with E-state index >= 15 is 0 Å². The summed E-state index contributed by atoms with van der Waals surface area (Å²) in [4.78, 5) is 2.42. The molecule has 0 aromatic carbocycles. The minimum absolute atomic E-state index is 0.111. The number of likely N-dealkylation sites (N-methyl/N-ethyl adjacent to an activating group) is 1. The monoisotopic (exact) mass is 377 g/mol. The van der Waals surface area contributed by atoms with Crippen LogP contribution in [0.25, 0.3) is 6.08 Å². The Labute approximate surface area is 164 Å². The molecule has 1 rings (SSSR count). The van der Waals surface area contributed by atoms with Crippen molar-refractivity contribution >= 4 is 17.4 Å². The van der Waals surface area contributed by atoms with Crippen LogP contribution in [-0.2, 0) is 9.47 Å². The first kappa shape index (κ1) is 22.9. The van der Waals surface area contributed by atoms with Gasteiger partial charge in [-0.1, -0.05) is 25.0 Å². The summed E-state index contributed by atoms with van der Waals surface area (Å²) in [6, 6.07) is 2.10. The molecule has 0 aliphatic heterocycles. The fourth-order valence-electron chi connectivity index (χ4n) is 2.27. The lowest BCUT2D eigenvalue weighted by Gasteiger charge is -2.19. The molecule has 0 saturated heterocycles. The van der Waals surface area contributed by atoms with E-state index in [2.05, 4.69) is 67.3 Å². The van der Waals surface area contributed by atoms with Gasteiger partial charge in [0, 0.05) is 18.4 Å². The van der Waals surface area contributed by atoms with Gasteiger partial charge in [0.05, 0.1) is 26.4 Å². The van der Waals surface area contributed by atoms with Crippen molar-refractivity contribution in [2.45, 2.75) is 40.5 Å². The highest BCUT2D eigenvalue weighted by molar-refractivity contribution is 7.08. The van der Waals surface area contributed by atoms with Gasteiger partial charge in [0.2, 0.25) is 0 Å². The zero-order valence-corrected chi connectivity index (χ0v) is 17.7. The van der Waals surface area contributed by atoms with Gasteiger partial charge in [-0.15, -0.1) is 5.92 Å². The molecule has 0 N–H and O–H groups in total. The molecule has 0 atom stereocenters. The molecule has 3 nitrogen and oxygen atoms in total. The van der Waals surface area contributed by atoms with Crippen molar-refractivity contribution in [3.8, 4) is 11.8 Å². The van der Waals surface area contributed by atoms with Gasteiger partial charge in [-0.3, -0.25) is 0 Å². The molecule has 0 radical (unpaired) electrons. The molecule has 0 spiro atoms. The second-order valence-electron chi connectivity index (χ2n) is 7.24. The van der Waals surface area contributed by atoms with Crippen molar-refractivity contribution in [1.29, 1.82) is 0 Å². The fourth-order valence-corrected chi connectivity index (χ4v) is 2.89. The Kier molecular flexibility index (Phi) is 12.3. The number of unbranched alkanes of at least 4 members (excludes halogenated alkanes) is 1. The molecule has 0 aliphatic carbocycles. The second kappa shape index (κ2) is 14.0. The van der Waals surface area contributed by atoms with Crippen LogP contribution in [0.3, 0.4) is 0 Å². The molecule has 0 bridgehead atoms. The zero-order valence-electron chi connectivity index (χ0n) is 16.9. The number of ether oxygens (including phenoxy) is 2. The predicted octanol–water partition coefficient (Wildman–Crippen LogP) is 4.95. The van der Waals surface area contributed by atoms with E-state index in [0.717, 1.165) is 39.1 Å². The number of hydrogen-bond donors (Lipinski definition) is 0. The average molecular weight is 378 g/mol. The Morgan fingerprint density at radius 3 is 2.65 bits per heavy atom. The lowest BCUT2D eigenvalue weighted by atomic mass is 9.98. The Bertz CT molecular complexity index is 535. The highest BCUT2D eigenvalue weighted by atomic mass is 32.1. The number of rotatable bonds is 13. The maximum absolute atomic E-state index is 5.67.